The summed E-state index contributed by atoms with van der Waals surface area (Å²) in [5.74, 6) is -0.881. The van der Waals surface area contributed by atoms with Gasteiger partial charge in [0.25, 0.3) is 5.91 Å². The Morgan fingerprint density at radius 2 is 1.84 bits per heavy atom. The van der Waals surface area contributed by atoms with E-state index in [9.17, 15) is 14.9 Å². The predicted molar refractivity (Wildman–Crippen MR) is 87.4 cm³/mol. The molecule has 0 spiro atoms. The Morgan fingerprint density at radius 1 is 1.12 bits per heavy atom. The Labute approximate surface area is 141 Å². The van der Waals surface area contributed by atoms with Crippen LogP contribution in [0.15, 0.2) is 45.2 Å². The zero-order valence-electron chi connectivity index (χ0n) is 13.3. The smallest absolute Gasteiger partial charge is 0.403 e. The van der Waals surface area contributed by atoms with Gasteiger partial charge in [0.1, 0.15) is 4.92 Å². The normalized spacial score (nSPS) is 10.5. The molecule has 10 nitrogen and oxygen atoms in total. The van der Waals surface area contributed by atoms with E-state index < -0.39 is 16.7 Å². The summed E-state index contributed by atoms with van der Waals surface area (Å²) in [6, 6.07) is 9.43. The van der Waals surface area contributed by atoms with Gasteiger partial charge in [-0.1, -0.05) is 5.10 Å². The van der Waals surface area contributed by atoms with Crippen molar-refractivity contribution < 1.29 is 18.6 Å². The zero-order chi connectivity index (χ0) is 18.0. The number of amides is 1. The second-order valence-corrected chi connectivity index (χ2v) is 5.21. The molecule has 25 heavy (non-hydrogen) atoms. The van der Waals surface area contributed by atoms with E-state index in [4.69, 9.17) is 8.83 Å². The first-order valence-electron chi connectivity index (χ1n) is 7.11. The molecular weight excluding hydrogens is 330 g/mol. The lowest BCUT2D eigenvalue weighted by molar-refractivity contribution is -0.402. The monoisotopic (exact) mass is 343 g/mol. The van der Waals surface area contributed by atoms with E-state index in [0.29, 0.717) is 23.2 Å². The van der Waals surface area contributed by atoms with Crippen molar-refractivity contribution in [3.63, 3.8) is 0 Å². The van der Waals surface area contributed by atoms with E-state index in [0.717, 1.165) is 6.07 Å². The second kappa shape index (κ2) is 6.43. The number of hydrogen-bond acceptors (Lipinski definition) is 8. The third-order valence-electron chi connectivity index (χ3n) is 3.18. The van der Waals surface area contributed by atoms with Crippen molar-refractivity contribution in [1.29, 1.82) is 0 Å². The van der Waals surface area contributed by atoms with Gasteiger partial charge in [-0.25, -0.2) is 0 Å². The standard InChI is InChI=1S/C15H13N5O5/c1-19(2)15-18-17-14(25-15)9-3-5-10(6-4-9)16-13(21)11-7-8-12(24-11)20(22)23/h3-8H,1-2H3,(H,16,21). The van der Waals surface area contributed by atoms with Crippen LogP contribution < -0.4 is 10.2 Å². The molecule has 0 aliphatic carbocycles. The molecule has 2 aromatic heterocycles. The van der Waals surface area contributed by atoms with Gasteiger partial charge in [-0.15, -0.1) is 5.10 Å². The van der Waals surface area contributed by atoms with E-state index >= 15 is 0 Å². The van der Waals surface area contributed by atoms with Crippen LogP contribution in [0.4, 0.5) is 17.6 Å². The molecule has 128 valence electrons. The molecule has 0 saturated carbocycles. The molecule has 2 heterocycles. The van der Waals surface area contributed by atoms with Gasteiger partial charge in [-0.05, 0) is 30.3 Å². The Balaban J connectivity index is 1.71. The summed E-state index contributed by atoms with van der Waals surface area (Å²) in [7, 11) is 3.57. The molecule has 1 N–H and O–H groups in total. The average molecular weight is 343 g/mol. The molecule has 0 bridgehead atoms. The van der Waals surface area contributed by atoms with Crippen LogP contribution in [0.3, 0.4) is 0 Å². The minimum Gasteiger partial charge on any atom is -0.403 e. The molecule has 0 unspecified atom stereocenters. The average Bonchev–Trinajstić information content (AvgIpc) is 3.25. The number of aromatic nitrogens is 2. The van der Waals surface area contributed by atoms with E-state index in [1.165, 1.54) is 6.07 Å². The van der Waals surface area contributed by atoms with Crippen LogP contribution in [0.1, 0.15) is 10.6 Å². The van der Waals surface area contributed by atoms with E-state index in [2.05, 4.69) is 15.5 Å². The van der Waals surface area contributed by atoms with Crippen molar-refractivity contribution in [2.75, 3.05) is 24.3 Å². The van der Waals surface area contributed by atoms with Gasteiger partial charge in [0, 0.05) is 25.3 Å². The van der Waals surface area contributed by atoms with E-state index in [-0.39, 0.29) is 5.76 Å². The number of anilines is 2. The molecule has 0 atom stereocenters. The number of nitrogens with zero attached hydrogens (tertiary/aromatic N) is 4. The van der Waals surface area contributed by atoms with Crippen molar-refractivity contribution in [2.45, 2.75) is 0 Å². The van der Waals surface area contributed by atoms with Gasteiger partial charge in [0.15, 0.2) is 5.76 Å². The summed E-state index contributed by atoms with van der Waals surface area (Å²) in [4.78, 5) is 23.6. The number of carbonyl (C=O) groups excluding carboxylic acids is 1. The number of hydrogen-bond donors (Lipinski definition) is 1. The molecule has 0 radical (unpaired) electrons. The summed E-state index contributed by atoms with van der Waals surface area (Å²) in [5, 5.41) is 21.0. The minimum absolute atomic E-state index is 0.150. The highest BCUT2D eigenvalue weighted by molar-refractivity contribution is 6.02. The Kier molecular flexibility index (Phi) is 4.16. The number of rotatable bonds is 5. The van der Waals surface area contributed by atoms with Gasteiger partial charge in [-0.3, -0.25) is 14.9 Å². The van der Waals surface area contributed by atoms with Crippen LogP contribution in [-0.4, -0.2) is 35.1 Å². The van der Waals surface area contributed by atoms with Crippen molar-refractivity contribution in [2.24, 2.45) is 0 Å². The summed E-state index contributed by atoms with van der Waals surface area (Å²) < 4.78 is 10.3. The van der Waals surface area contributed by atoms with Crippen molar-refractivity contribution in [3.8, 4) is 11.5 Å². The summed E-state index contributed by atoms with van der Waals surface area (Å²) in [6.07, 6.45) is 0. The molecule has 0 fully saturated rings. The first-order chi connectivity index (χ1) is 11.9. The van der Waals surface area contributed by atoms with Crippen LogP contribution in [0.5, 0.6) is 0 Å². The fourth-order valence-electron chi connectivity index (χ4n) is 1.95. The Bertz CT molecular complexity index is 913. The highest BCUT2D eigenvalue weighted by Crippen LogP contribution is 2.23. The molecular formula is C15H13N5O5. The lowest BCUT2D eigenvalue weighted by Gasteiger charge is -2.04. The van der Waals surface area contributed by atoms with E-state index in [1.807, 2.05) is 0 Å². The fourth-order valence-corrected chi connectivity index (χ4v) is 1.95. The number of nitrogens with one attached hydrogen (secondary N) is 1. The molecule has 1 amide bonds. The predicted octanol–water partition coefficient (Wildman–Crippen LogP) is 2.56. The Morgan fingerprint density at radius 3 is 2.40 bits per heavy atom. The first-order valence-corrected chi connectivity index (χ1v) is 7.11. The second-order valence-electron chi connectivity index (χ2n) is 5.21. The van der Waals surface area contributed by atoms with Crippen molar-refractivity contribution in [3.05, 3.63) is 52.3 Å². The lowest BCUT2D eigenvalue weighted by Crippen LogP contribution is -2.10. The van der Waals surface area contributed by atoms with Crippen molar-refractivity contribution in [1.82, 2.24) is 10.2 Å². The number of nitro groups is 1. The van der Waals surface area contributed by atoms with Crippen molar-refractivity contribution >= 4 is 23.5 Å². The van der Waals surface area contributed by atoms with Crippen LogP contribution >= 0.6 is 0 Å². The summed E-state index contributed by atoms with van der Waals surface area (Å²) >= 11 is 0. The number of carbonyl (C=O) groups is 1. The quantitative estimate of drug-likeness (QED) is 0.553. The van der Waals surface area contributed by atoms with Crippen LogP contribution in [0, 0.1) is 10.1 Å². The maximum atomic E-state index is 12.0. The van der Waals surface area contributed by atoms with E-state index in [1.54, 1.807) is 43.3 Å². The molecule has 3 aromatic rings. The molecule has 0 aliphatic heterocycles. The Hall–Kier alpha value is -3.69. The molecule has 0 aliphatic rings. The largest absolute Gasteiger partial charge is 0.433 e. The SMILES string of the molecule is CN(C)c1nnc(-c2ccc(NC(=O)c3ccc([N+](=O)[O-])o3)cc2)o1. The molecule has 1 aromatic carbocycles. The maximum Gasteiger partial charge on any atom is 0.433 e. The van der Waals surface area contributed by atoms with Crippen LogP contribution in [0.2, 0.25) is 0 Å². The van der Waals surface area contributed by atoms with Gasteiger partial charge in [-0.2, -0.15) is 0 Å². The van der Waals surface area contributed by atoms with Gasteiger partial charge >= 0.3 is 11.9 Å². The molecule has 3 rings (SSSR count). The summed E-state index contributed by atoms with van der Waals surface area (Å²) in [6.45, 7) is 0. The maximum absolute atomic E-state index is 12.0. The van der Waals surface area contributed by atoms with Gasteiger partial charge in [0.05, 0.1) is 6.07 Å². The fraction of sp³-hybridized carbons (Fsp3) is 0.133. The van der Waals surface area contributed by atoms with Crippen LogP contribution in [0.25, 0.3) is 11.5 Å². The summed E-state index contributed by atoms with van der Waals surface area (Å²) in [5.41, 5.74) is 1.17. The first kappa shape index (κ1) is 16.2. The van der Waals surface area contributed by atoms with Gasteiger partial charge < -0.3 is 19.1 Å². The third-order valence-corrected chi connectivity index (χ3v) is 3.18. The lowest BCUT2D eigenvalue weighted by atomic mass is 10.2. The highest BCUT2D eigenvalue weighted by atomic mass is 16.6. The topological polar surface area (TPSA) is 128 Å². The molecule has 10 heteroatoms. The number of benzene rings is 1. The van der Waals surface area contributed by atoms with Crippen LogP contribution in [-0.2, 0) is 0 Å². The highest BCUT2D eigenvalue weighted by Gasteiger charge is 2.17. The van der Waals surface area contributed by atoms with Gasteiger partial charge in [0.2, 0.25) is 5.89 Å². The minimum atomic E-state index is -0.710. The third kappa shape index (κ3) is 3.47. The molecule has 0 saturated heterocycles. The number of furan rings is 1. The zero-order valence-corrected chi connectivity index (χ0v) is 13.3.